The lowest BCUT2D eigenvalue weighted by Crippen LogP contribution is -2.34. The Morgan fingerprint density at radius 1 is 1.67 bits per heavy atom. The molecule has 1 fully saturated rings. The molecule has 1 saturated heterocycles. The van der Waals surface area contributed by atoms with Crippen LogP contribution in [0.4, 0.5) is 0 Å². The zero-order valence-electron chi connectivity index (χ0n) is 9.82. The first-order valence-corrected chi connectivity index (χ1v) is 8.86. The predicted molar refractivity (Wildman–Crippen MR) is 77.6 cm³/mol. The van der Waals surface area contributed by atoms with E-state index < -0.39 is 10.0 Å². The molecule has 1 unspecified atom stereocenters. The molecule has 2 N–H and O–H groups in total. The Labute approximate surface area is 124 Å². The number of halogens is 2. The van der Waals surface area contributed by atoms with E-state index in [4.69, 9.17) is 17.3 Å². The number of hydrogen-bond donors (Lipinski definition) is 1. The van der Waals surface area contributed by atoms with Crippen molar-refractivity contribution in [3.05, 3.63) is 14.2 Å². The molecule has 1 aliphatic rings. The second kappa shape index (κ2) is 5.03. The summed E-state index contributed by atoms with van der Waals surface area (Å²) in [5.74, 6) is 0. The molecule has 0 spiro atoms. The van der Waals surface area contributed by atoms with Gasteiger partial charge in [0.1, 0.15) is 9.23 Å². The second-order valence-electron chi connectivity index (χ2n) is 4.79. The fourth-order valence-electron chi connectivity index (χ4n) is 1.99. The van der Waals surface area contributed by atoms with E-state index in [0.717, 1.165) is 6.42 Å². The number of thiophene rings is 1. The number of rotatable bonds is 3. The van der Waals surface area contributed by atoms with E-state index in [1.807, 2.05) is 6.92 Å². The topological polar surface area (TPSA) is 63.4 Å². The summed E-state index contributed by atoms with van der Waals surface area (Å²) in [6.45, 7) is 3.45. The van der Waals surface area contributed by atoms with Gasteiger partial charge >= 0.3 is 0 Å². The van der Waals surface area contributed by atoms with E-state index in [1.165, 1.54) is 15.6 Å². The van der Waals surface area contributed by atoms with Crippen LogP contribution in [0.5, 0.6) is 0 Å². The maximum absolute atomic E-state index is 12.5. The molecule has 2 rings (SSSR count). The molecule has 0 bridgehead atoms. The van der Waals surface area contributed by atoms with Crippen LogP contribution in [0, 0.1) is 5.41 Å². The first kappa shape index (κ1) is 14.7. The highest BCUT2D eigenvalue weighted by Crippen LogP contribution is 2.39. The molecule has 4 nitrogen and oxygen atoms in total. The summed E-state index contributed by atoms with van der Waals surface area (Å²) in [5.41, 5.74) is 5.56. The molecule has 1 atom stereocenters. The minimum Gasteiger partial charge on any atom is -0.330 e. The van der Waals surface area contributed by atoms with Gasteiger partial charge in [0.15, 0.2) is 0 Å². The molecule has 0 radical (unpaired) electrons. The summed E-state index contributed by atoms with van der Waals surface area (Å²) in [4.78, 5) is 0.183. The molecule has 0 amide bonds. The number of nitrogens with zero attached hydrogens (tertiary/aromatic N) is 1. The average Bonchev–Trinajstić information content (AvgIpc) is 2.84. The highest BCUT2D eigenvalue weighted by molar-refractivity contribution is 9.11. The van der Waals surface area contributed by atoms with E-state index >= 15 is 0 Å². The number of nitrogens with two attached hydrogens (primary N) is 1. The molecule has 8 heteroatoms. The Kier molecular flexibility index (Phi) is 4.12. The Morgan fingerprint density at radius 3 is 2.78 bits per heavy atom. The third-order valence-electron chi connectivity index (χ3n) is 3.26. The van der Waals surface area contributed by atoms with Gasteiger partial charge in [-0.2, -0.15) is 4.31 Å². The van der Waals surface area contributed by atoms with Gasteiger partial charge in [-0.15, -0.1) is 11.3 Å². The Bertz CT molecular complexity index is 560. The summed E-state index contributed by atoms with van der Waals surface area (Å²) in [5, 5.41) is 0. The minimum absolute atomic E-state index is 0.132. The Balaban J connectivity index is 2.31. The highest BCUT2D eigenvalue weighted by Gasteiger charge is 2.40. The van der Waals surface area contributed by atoms with Crippen molar-refractivity contribution < 1.29 is 8.42 Å². The van der Waals surface area contributed by atoms with E-state index in [-0.39, 0.29) is 10.3 Å². The number of hydrogen-bond acceptors (Lipinski definition) is 4. The van der Waals surface area contributed by atoms with Crippen molar-refractivity contribution in [2.24, 2.45) is 11.1 Å². The van der Waals surface area contributed by atoms with Gasteiger partial charge in [0, 0.05) is 13.1 Å². The molecule has 18 heavy (non-hydrogen) atoms. The van der Waals surface area contributed by atoms with Crippen LogP contribution in [0.2, 0.25) is 4.34 Å². The van der Waals surface area contributed by atoms with Crippen molar-refractivity contribution in [2.45, 2.75) is 18.2 Å². The molecule has 2 heterocycles. The molecular weight excluding hydrogens is 360 g/mol. The lowest BCUT2D eigenvalue weighted by Gasteiger charge is -2.22. The van der Waals surface area contributed by atoms with Crippen molar-refractivity contribution in [1.29, 1.82) is 0 Å². The Morgan fingerprint density at radius 2 is 2.33 bits per heavy atom. The fourth-order valence-corrected chi connectivity index (χ4v) is 6.32. The predicted octanol–water partition coefficient (Wildman–Crippen LogP) is 2.52. The van der Waals surface area contributed by atoms with Crippen LogP contribution in [0.15, 0.2) is 14.7 Å². The average molecular weight is 374 g/mol. The van der Waals surface area contributed by atoms with Crippen LogP contribution < -0.4 is 5.73 Å². The van der Waals surface area contributed by atoms with Crippen molar-refractivity contribution in [1.82, 2.24) is 4.31 Å². The lowest BCUT2D eigenvalue weighted by molar-refractivity contribution is 0.350. The van der Waals surface area contributed by atoms with Gasteiger partial charge in [-0.1, -0.05) is 18.5 Å². The molecule has 1 aliphatic heterocycles. The van der Waals surface area contributed by atoms with Gasteiger partial charge in [-0.05, 0) is 40.4 Å². The van der Waals surface area contributed by atoms with E-state index in [0.29, 0.717) is 27.8 Å². The maximum atomic E-state index is 12.5. The third kappa shape index (κ3) is 2.62. The van der Waals surface area contributed by atoms with E-state index in [1.54, 1.807) is 6.07 Å². The molecule has 0 saturated carbocycles. The minimum atomic E-state index is -3.50. The second-order valence-corrected chi connectivity index (χ2v) is 9.73. The molecule has 0 aliphatic carbocycles. The molecule has 102 valence electrons. The maximum Gasteiger partial charge on any atom is 0.245 e. The molecule has 0 aromatic carbocycles. The van der Waals surface area contributed by atoms with Crippen LogP contribution in [0.1, 0.15) is 13.3 Å². The first-order valence-electron chi connectivity index (χ1n) is 5.43. The van der Waals surface area contributed by atoms with Gasteiger partial charge < -0.3 is 5.73 Å². The first-order chi connectivity index (χ1) is 8.28. The largest absolute Gasteiger partial charge is 0.330 e. The third-order valence-corrected chi connectivity index (χ3v) is 7.23. The highest BCUT2D eigenvalue weighted by atomic mass is 79.9. The summed E-state index contributed by atoms with van der Waals surface area (Å²) in [7, 11) is -3.50. The lowest BCUT2D eigenvalue weighted by atomic mass is 9.90. The summed E-state index contributed by atoms with van der Waals surface area (Å²) >= 11 is 10.4. The quantitative estimate of drug-likeness (QED) is 0.885. The van der Waals surface area contributed by atoms with Gasteiger partial charge in [0.05, 0.1) is 3.79 Å². The van der Waals surface area contributed by atoms with E-state index in [9.17, 15) is 8.42 Å². The van der Waals surface area contributed by atoms with Crippen LogP contribution in [-0.4, -0.2) is 32.4 Å². The van der Waals surface area contributed by atoms with Crippen LogP contribution in [0.3, 0.4) is 0 Å². The van der Waals surface area contributed by atoms with Crippen LogP contribution >= 0.6 is 38.9 Å². The zero-order chi connectivity index (χ0) is 13.6. The molecular formula is C10H14BrClN2O2S2. The van der Waals surface area contributed by atoms with Crippen molar-refractivity contribution in [3.63, 3.8) is 0 Å². The van der Waals surface area contributed by atoms with Gasteiger partial charge in [0.25, 0.3) is 0 Å². The van der Waals surface area contributed by atoms with Gasteiger partial charge in [-0.25, -0.2) is 8.42 Å². The molecule has 1 aromatic heterocycles. The summed E-state index contributed by atoms with van der Waals surface area (Å²) in [6.07, 6.45) is 0.783. The normalized spacial score (nSPS) is 25.8. The standard InChI is InChI=1S/C10H14BrClN2O2S2/c1-10(5-13)2-3-14(6-10)18(15,16)7-4-8(11)17-9(7)12/h4H,2-3,5-6,13H2,1H3. The molecule has 1 aromatic rings. The number of sulfonamides is 1. The van der Waals surface area contributed by atoms with Crippen LogP contribution in [-0.2, 0) is 10.0 Å². The van der Waals surface area contributed by atoms with Crippen molar-refractivity contribution in [2.75, 3.05) is 19.6 Å². The Hall–Kier alpha value is 0.340. The smallest absolute Gasteiger partial charge is 0.245 e. The SMILES string of the molecule is CC1(CN)CCN(S(=O)(=O)c2cc(Br)sc2Cl)C1. The van der Waals surface area contributed by atoms with Gasteiger partial charge in [-0.3, -0.25) is 0 Å². The fraction of sp³-hybridized carbons (Fsp3) is 0.600. The zero-order valence-corrected chi connectivity index (χ0v) is 13.8. The van der Waals surface area contributed by atoms with Crippen molar-refractivity contribution in [3.8, 4) is 0 Å². The summed E-state index contributed by atoms with van der Waals surface area (Å²) in [6, 6.07) is 1.56. The van der Waals surface area contributed by atoms with Gasteiger partial charge in [0.2, 0.25) is 10.0 Å². The van der Waals surface area contributed by atoms with E-state index in [2.05, 4.69) is 15.9 Å². The van der Waals surface area contributed by atoms with Crippen molar-refractivity contribution >= 4 is 48.9 Å². The van der Waals surface area contributed by atoms with Crippen LogP contribution in [0.25, 0.3) is 0 Å². The monoisotopic (exact) mass is 372 g/mol. The summed E-state index contributed by atoms with van der Waals surface area (Å²) < 4.78 is 27.4.